The molecule has 0 saturated carbocycles. The molecule has 1 aliphatic rings. The van der Waals surface area contributed by atoms with Crippen molar-refractivity contribution in [3.8, 4) is 5.75 Å². The van der Waals surface area contributed by atoms with Gasteiger partial charge in [-0.1, -0.05) is 0 Å². The van der Waals surface area contributed by atoms with Gasteiger partial charge < -0.3 is 9.47 Å². The Bertz CT molecular complexity index is 342. The molecule has 1 aromatic carbocycles. The maximum atomic E-state index is 10.5. The topological polar surface area (TPSA) is 38.8 Å². The minimum absolute atomic E-state index is 0.264. The Balaban J connectivity index is 2.04. The maximum absolute atomic E-state index is 10.5. The molecule has 74 valence electrons. The number of rotatable bonds is 4. The van der Waals surface area contributed by atoms with Crippen LogP contribution in [0.15, 0.2) is 18.2 Å². The van der Waals surface area contributed by atoms with Crippen LogP contribution in [0.2, 0.25) is 0 Å². The van der Waals surface area contributed by atoms with E-state index in [-0.39, 0.29) is 6.10 Å². The molecule has 0 radical (unpaired) electrons. The summed E-state index contributed by atoms with van der Waals surface area (Å²) in [6.45, 7) is 3.32. The first-order valence-corrected chi connectivity index (χ1v) is 4.60. The highest BCUT2D eigenvalue weighted by atomic mass is 16.6. The van der Waals surface area contributed by atoms with Crippen LogP contribution in [0.5, 0.6) is 5.75 Å². The monoisotopic (exact) mass is 192 g/mol. The predicted octanol–water partition coefficient (Wildman–Crippen LogP) is 1.59. The zero-order valence-corrected chi connectivity index (χ0v) is 8.03. The molecule has 0 aromatic heterocycles. The summed E-state index contributed by atoms with van der Waals surface area (Å²) < 4.78 is 10.6. The lowest BCUT2D eigenvalue weighted by Gasteiger charge is -2.07. The number of hydrogen-bond acceptors (Lipinski definition) is 3. The van der Waals surface area contributed by atoms with Crippen molar-refractivity contribution in [3.63, 3.8) is 0 Å². The molecule has 0 bridgehead atoms. The van der Waals surface area contributed by atoms with Crippen LogP contribution in [0, 0.1) is 6.92 Å². The average Bonchev–Trinajstić information content (AvgIpc) is 2.99. The number of carbonyl (C=O) groups is 1. The number of aldehydes is 1. The molecule has 0 amide bonds. The van der Waals surface area contributed by atoms with Crippen molar-refractivity contribution in [1.29, 1.82) is 0 Å². The second-order valence-corrected chi connectivity index (χ2v) is 3.41. The van der Waals surface area contributed by atoms with Crippen molar-refractivity contribution in [1.82, 2.24) is 0 Å². The Labute approximate surface area is 82.6 Å². The number of carbonyl (C=O) groups excluding carboxylic acids is 1. The van der Waals surface area contributed by atoms with Gasteiger partial charge in [-0.25, -0.2) is 0 Å². The van der Waals surface area contributed by atoms with Gasteiger partial charge in [-0.2, -0.15) is 0 Å². The third-order valence-electron chi connectivity index (χ3n) is 2.16. The molecule has 3 heteroatoms. The van der Waals surface area contributed by atoms with Gasteiger partial charge in [0, 0.05) is 5.56 Å². The zero-order valence-electron chi connectivity index (χ0n) is 8.03. The van der Waals surface area contributed by atoms with Crippen LogP contribution in [-0.2, 0) is 4.74 Å². The summed E-state index contributed by atoms with van der Waals surface area (Å²) in [5, 5.41) is 0. The highest BCUT2D eigenvalue weighted by Gasteiger charge is 2.23. The first kappa shape index (κ1) is 9.21. The largest absolute Gasteiger partial charge is 0.491 e. The van der Waals surface area contributed by atoms with E-state index >= 15 is 0 Å². The van der Waals surface area contributed by atoms with E-state index in [9.17, 15) is 4.79 Å². The van der Waals surface area contributed by atoms with Gasteiger partial charge in [0.1, 0.15) is 24.7 Å². The van der Waals surface area contributed by atoms with E-state index in [1.54, 1.807) is 6.07 Å². The molecule has 14 heavy (non-hydrogen) atoms. The third kappa shape index (κ3) is 2.12. The van der Waals surface area contributed by atoms with Crippen LogP contribution in [-0.4, -0.2) is 25.6 Å². The fourth-order valence-corrected chi connectivity index (χ4v) is 1.25. The lowest BCUT2D eigenvalue weighted by molar-refractivity contribution is 0.112. The van der Waals surface area contributed by atoms with Crippen LogP contribution in [0.3, 0.4) is 0 Å². The van der Waals surface area contributed by atoms with E-state index in [1.807, 2.05) is 19.1 Å². The number of benzene rings is 1. The lowest BCUT2D eigenvalue weighted by Crippen LogP contribution is -2.05. The summed E-state index contributed by atoms with van der Waals surface area (Å²) in [4.78, 5) is 10.5. The fourth-order valence-electron chi connectivity index (χ4n) is 1.25. The first-order valence-electron chi connectivity index (χ1n) is 4.60. The smallest absolute Gasteiger partial charge is 0.150 e. The highest BCUT2D eigenvalue weighted by Crippen LogP contribution is 2.20. The maximum Gasteiger partial charge on any atom is 0.150 e. The van der Waals surface area contributed by atoms with Gasteiger partial charge in [-0.3, -0.25) is 4.79 Å². The number of epoxide rings is 1. The third-order valence-corrected chi connectivity index (χ3v) is 2.16. The van der Waals surface area contributed by atoms with Crippen molar-refractivity contribution >= 4 is 6.29 Å². The molecule has 1 aliphatic heterocycles. The standard InChI is InChI=1S/C11H12O3/c1-8-4-9(5-12)2-3-11(8)14-7-10-6-13-10/h2-5,10H,6-7H2,1H3/t10-/m0/s1. The molecule has 1 fully saturated rings. The summed E-state index contributed by atoms with van der Waals surface area (Å²) in [5.74, 6) is 0.825. The van der Waals surface area contributed by atoms with Gasteiger partial charge >= 0.3 is 0 Å². The van der Waals surface area contributed by atoms with Crippen molar-refractivity contribution < 1.29 is 14.3 Å². The zero-order chi connectivity index (χ0) is 9.97. The van der Waals surface area contributed by atoms with Gasteiger partial charge in [0.2, 0.25) is 0 Å². The Kier molecular flexibility index (Phi) is 2.50. The van der Waals surface area contributed by atoms with E-state index < -0.39 is 0 Å². The van der Waals surface area contributed by atoms with E-state index in [1.165, 1.54) is 0 Å². The van der Waals surface area contributed by atoms with Crippen LogP contribution in [0.4, 0.5) is 0 Å². The molecule has 2 rings (SSSR count). The minimum Gasteiger partial charge on any atom is -0.491 e. The van der Waals surface area contributed by atoms with Gasteiger partial charge in [0.15, 0.2) is 0 Å². The van der Waals surface area contributed by atoms with E-state index in [0.717, 1.165) is 24.2 Å². The van der Waals surface area contributed by atoms with E-state index in [2.05, 4.69) is 0 Å². The second-order valence-electron chi connectivity index (χ2n) is 3.41. The fraction of sp³-hybridized carbons (Fsp3) is 0.364. The normalized spacial score (nSPS) is 19.1. The Morgan fingerprint density at radius 2 is 2.43 bits per heavy atom. The van der Waals surface area contributed by atoms with Crippen LogP contribution >= 0.6 is 0 Å². The van der Waals surface area contributed by atoms with Gasteiger partial charge in [0.05, 0.1) is 6.61 Å². The molecular formula is C11H12O3. The summed E-state index contributed by atoms with van der Waals surface area (Å²) in [5.41, 5.74) is 1.66. The van der Waals surface area contributed by atoms with E-state index in [4.69, 9.17) is 9.47 Å². The molecule has 0 spiro atoms. The van der Waals surface area contributed by atoms with Crippen LogP contribution in [0.25, 0.3) is 0 Å². The van der Waals surface area contributed by atoms with Gasteiger partial charge in [-0.15, -0.1) is 0 Å². The Morgan fingerprint density at radius 1 is 1.64 bits per heavy atom. The number of aryl methyl sites for hydroxylation is 1. The van der Waals surface area contributed by atoms with Gasteiger partial charge in [0.25, 0.3) is 0 Å². The molecule has 1 atom stereocenters. The molecule has 3 nitrogen and oxygen atoms in total. The van der Waals surface area contributed by atoms with Crippen molar-refractivity contribution in [2.75, 3.05) is 13.2 Å². The quantitative estimate of drug-likeness (QED) is 0.537. The predicted molar refractivity (Wildman–Crippen MR) is 51.8 cm³/mol. The summed E-state index contributed by atoms with van der Waals surface area (Å²) in [6.07, 6.45) is 1.10. The number of ether oxygens (including phenoxy) is 2. The second kappa shape index (κ2) is 3.80. The number of hydrogen-bond donors (Lipinski definition) is 0. The highest BCUT2D eigenvalue weighted by molar-refractivity contribution is 5.75. The van der Waals surface area contributed by atoms with Crippen molar-refractivity contribution in [2.45, 2.75) is 13.0 Å². The van der Waals surface area contributed by atoms with Crippen LogP contribution in [0.1, 0.15) is 15.9 Å². The summed E-state index contributed by atoms with van der Waals surface area (Å²) in [7, 11) is 0. The molecule has 1 aromatic rings. The summed E-state index contributed by atoms with van der Waals surface area (Å²) >= 11 is 0. The molecule has 0 unspecified atom stereocenters. The molecule has 1 saturated heterocycles. The van der Waals surface area contributed by atoms with Crippen molar-refractivity contribution in [3.05, 3.63) is 29.3 Å². The van der Waals surface area contributed by atoms with Crippen molar-refractivity contribution in [2.24, 2.45) is 0 Å². The minimum atomic E-state index is 0.264. The molecular weight excluding hydrogens is 180 g/mol. The molecule has 1 heterocycles. The van der Waals surface area contributed by atoms with Gasteiger partial charge in [-0.05, 0) is 30.7 Å². The summed E-state index contributed by atoms with van der Waals surface area (Å²) in [6, 6.07) is 5.39. The molecule has 0 aliphatic carbocycles. The van der Waals surface area contributed by atoms with E-state index in [0.29, 0.717) is 12.2 Å². The Hall–Kier alpha value is -1.35. The lowest BCUT2D eigenvalue weighted by atomic mass is 10.1. The Morgan fingerprint density at radius 3 is 3.00 bits per heavy atom. The average molecular weight is 192 g/mol. The molecule has 0 N–H and O–H groups in total. The first-order chi connectivity index (χ1) is 6.79. The van der Waals surface area contributed by atoms with Crippen LogP contribution < -0.4 is 4.74 Å². The SMILES string of the molecule is Cc1cc(C=O)ccc1OC[C@@H]1CO1.